The van der Waals surface area contributed by atoms with Crippen LogP contribution in [0.4, 0.5) is 10.1 Å². The molecule has 1 aliphatic carbocycles. The minimum absolute atomic E-state index is 0.0221. The van der Waals surface area contributed by atoms with Crippen molar-refractivity contribution in [2.75, 3.05) is 51.3 Å². The van der Waals surface area contributed by atoms with Gasteiger partial charge in [0, 0.05) is 45.0 Å². The van der Waals surface area contributed by atoms with Crippen LogP contribution in [0.5, 0.6) is 5.75 Å². The molecular formula is C20H24FN3O5. The highest BCUT2D eigenvalue weighted by Gasteiger charge is 2.32. The lowest BCUT2D eigenvalue weighted by atomic mass is 10.1. The van der Waals surface area contributed by atoms with Crippen LogP contribution in [0, 0.1) is 5.82 Å². The van der Waals surface area contributed by atoms with Gasteiger partial charge in [-0.15, -0.1) is 0 Å². The predicted molar refractivity (Wildman–Crippen MR) is 106 cm³/mol. The van der Waals surface area contributed by atoms with E-state index in [1.807, 2.05) is 4.90 Å². The number of anilines is 1. The van der Waals surface area contributed by atoms with E-state index in [9.17, 15) is 14.7 Å². The van der Waals surface area contributed by atoms with Gasteiger partial charge in [0.1, 0.15) is 11.3 Å². The van der Waals surface area contributed by atoms with E-state index >= 15 is 4.39 Å². The fraction of sp³-hybridized carbons (Fsp3) is 0.500. The molecule has 1 aliphatic heterocycles. The molecule has 1 saturated heterocycles. The summed E-state index contributed by atoms with van der Waals surface area (Å²) in [7, 11) is 1.44. The number of fused-ring (bicyclic) bond motifs is 1. The van der Waals surface area contributed by atoms with Gasteiger partial charge in [-0.25, -0.2) is 9.18 Å². The number of hydrogen-bond acceptors (Lipinski definition) is 6. The third kappa shape index (κ3) is 3.44. The van der Waals surface area contributed by atoms with E-state index in [2.05, 4.69) is 4.90 Å². The van der Waals surface area contributed by atoms with E-state index in [4.69, 9.17) is 9.84 Å². The number of benzene rings is 1. The Kier molecular flexibility index (Phi) is 5.18. The number of aromatic nitrogens is 1. The molecule has 0 atom stereocenters. The second kappa shape index (κ2) is 7.64. The van der Waals surface area contributed by atoms with Gasteiger partial charge in [-0.2, -0.15) is 0 Å². The molecule has 0 unspecified atom stereocenters. The van der Waals surface area contributed by atoms with E-state index in [1.165, 1.54) is 13.3 Å². The van der Waals surface area contributed by atoms with E-state index in [1.54, 1.807) is 4.57 Å². The standard InChI is InChI=1S/C20H24FN3O5/c1-29-19-16-13(18(26)14(20(27)28)11-24(16)12-2-3-12)10-15(21)17(19)23-6-4-22(5-7-23)8-9-25/h10-12,25H,2-9H2,1H3,(H,27,28). The number of carbonyl (C=O) groups is 1. The number of methoxy groups -OCH3 is 1. The molecule has 4 rings (SSSR count). The third-order valence-corrected chi connectivity index (χ3v) is 5.68. The fourth-order valence-corrected chi connectivity index (χ4v) is 4.06. The average molecular weight is 405 g/mol. The number of pyridine rings is 1. The summed E-state index contributed by atoms with van der Waals surface area (Å²) in [5.74, 6) is -1.67. The van der Waals surface area contributed by atoms with Gasteiger partial charge in [-0.1, -0.05) is 0 Å². The van der Waals surface area contributed by atoms with Crippen LogP contribution >= 0.6 is 0 Å². The summed E-state index contributed by atoms with van der Waals surface area (Å²) in [6.45, 7) is 3.11. The highest BCUT2D eigenvalue weighted by Crippen LogP contribution is 2.43. The molecular weight excluding hydrogens is 381 g/mol. The van der Waals surface area contributed by atoms with E-state index in [-0.39, 0.29) is 29.3 Å². The van der Waals surface area contributed by atoms with Gasteiger partial charge in [-0.3, -0.25) is 9.69 Å². The molecule has 8 nitrogen and oxygen atoms in total. The monoisotopic (exact) mass is 405 g/mol. The van der Waals surface area contributed by atoms with Gasteiger partial charge < -0.3 is 24.4 Å². The van der Waals surface area contributed by atoms with Crippen LogP contribution in [0.15, 0.2) is 17.1 Å². The highest BCUT2D eigenvalue weighted by molar-refractivity contribution is 5.97. The molecule has 0 radical (unpaired) electrons. The number of carboxylic acid groups (broad SMARTS) is 1. The van der Waals surface area contributed by atoms with Crippen molar-refractivity contribution in [3.8, 4) is 5.75 Å². The Morgan fingerprint density at radius 3 is 2.52 bits per heavy atom. The zero-order valence-electron chi connectivity index (χ0n) is 16.2. The number of aromatic carboxylic acids is 1. The highest BCUT2D eigenvalue weighted by atomic mass is 19.1. The Balaban J connectivity index is 1.88. The van der Waals surface area contributed by atoms with Gasteiger partial charge in [0.15, 0.2) is 11.6 Å². The molecule has 0 bridgehead atoms. The number of aliphatic hydroxyl groups excluding tert-OH is 1. The Morgan fingerprint density at radius 2 is 1.97 bits per heavy atom. The molecule has 2 fully saturated rings. The maximum atomic E-state index is 15.2. The average Bonchev–Trinajstić information content (AvgIpc) is 3.54. The van der Waals surface area contributed by atoms with Crippen molar-refractivity contribution in [3.63, 3.8) is 0 Å². The molecule has 1 aromatic heterocycles. The fourth-order valence-electron chi connectivity index (χ4n) is 4.06. The Hall–Kier alpha value is -2.65. The lowest BCUT2D eigenvalue weighted by Gasteiger charge is -2.36. The predicted octanol–water partition coefficient (Wildman–Crippen LogP) is 1.30. The van der Waals surface area contributed by atoms with Gasteiger partial charge >= 0.3 is 5.97 Å². The lowest BCUT2D eigenvalue weighted by Crippen LogP contribution is -2.47. The van der Waals surface area contributed by atoms with Crippen molar-refractivity contribution in [1.29, 1.82) is 0 Å². The Morgan fingerprint density at radius 1 is 1.28 bits per heavy atom. The van der Waals surface area contributed by atoms with Crippen LogP contribution in [0.2, 0.25) is 0 Å². The van der Waals surface area contributed by atoms with E-state index in [0.717, 1.165) is 18.9 Å². The van der Waals surface area contributed by atoms with Crippen LogP contribution in [0.3, 0.4) is 0 Å². The first kappa shape index (κ1) is 19.7. The SMILES string of the molecule is COc1c(N2CCN(CCO)CC2)c(F)cc2c(=O)c(C(=O)O)cn(C3CC3)c12. The van der Waals surface area contributed by atoms with Crippen molar-refractivity contribution in [2.24, 2.45) is 0 Å². The van der Waals surface area contributed by atoms with Crippen LogP contribution in [0.25, 0.3) is 10.9 Å². The number of carboxylic acids is 1. The maximum absolute atomic E-state index is 15.2. The normalized spacial score (nSPS) is 17.7. The summed E-state index contributed by atoms with van der Waals surface area (Å²) in [6, 6.07) is 1.21. The van der Waals surface area contributed by atoms with Crippen LogP contribution in [-0.2, 0) is 0 Å². The molecule has 156 valence electrons. The minimum Gasteiger partial charge on any atom is -0.492 e. The number of piperazine rings is 1. The molecule has 1 saturated carbocycles. The third-order valence-electron chi connectivity index (χ3n) is 5.68. The summed E-state index contributed by atoms with van der Waals surface area (Å²) in [5, 5.41) is 18.5. The summed E-state index contributed by atoms with van der Waals surface area (Å²) >= 11 is 0. The molecule has 2 aromatic rings. The largest absolute Gasteiger partial charge is 0.492 e. The summed E-state index contributed by atoms with van der Waals surface area (Å²) in [4.78, 5) is 28.2. The summed E-state index contributed by atoms with van der Waals surface area (Å²) in [6.07, 6.45) is 3.09. The number of β-amino-alcohol motifs (C(OH)–C–C–N with tert-alkyl or cyclic N) is 1. The smallest absolute Gasteiger partial charge is 0.341 e. The van der Waals surface area contributed by atoms with E-state index < -0.39 is 17.2 Å². The van der Waals surface area contributed by atoms with Crippen molar-refractivity contribution >= 4 is 22.6 Å². The molecule has 1 aromatic carbocycles. The van der Waals surface area contributed by atoms with Gasteiger partial charge in [0.05, 0.1) is 24.6 Å². The molecule has 2 N–H and O–H groups in total. The first-order valence-electron chi connectivity index (χ1n) is 9.73. The molecule has 0 amide bonds. The Labute approximate surface area is 166 Å². The van der Waals surface area contributed by atoms with Gasteiger partial charge in [-0.05, 0) is 18.9 Å². The number of halogens is 1. The first-order valence-corrected chi connectivity index (χ1v) is 9.73. The van der Waals surface area contributed by atoms with Crippen molar-refractivity contribution in [3.05, 3.63) is 33.9 Å². The van der Waals surface area contributed by atoms with Crippen LogP contribution in [-0.4, -0.2) is 72.1 Å². The summed E-state index contributed by atoms with van der Waals surface area (Å²) < 4.78 is 22.5. The van der Waals surface area contributed by atoms with Crippen molar-refractivity contribution in [2.45, 2.75) is 18.9 Å². The van der Waals surface area contributed by atoms with Crippen LogP contribution in [0.1, 0.15) is 29.2 Å². The molecule has 2 aliphatic rings. The molecule has 0 spiro atoms. The first-order chi connectivity index (χ1) is 14.0. The number of nitrogens with zero attached hydrogens (tertiary/aromatic N) is 3. The topological polar surface area (TPSA) is 95.2 Å². The van der Waals surface area contributed by atoms with E-state index in [0.29, 0.717) is 43.9 Å². The Bertz CT molecular complexity index is 1010. The zero-order chi connectivity index (χ0) is 20.7. The van der Waals surface area contributed by atoms with Gasteiger partial charge in [0.2, 0.25) is 5.43 Å². The minimum atomic E-state index is -1.32. The number of rotatable bonds is 6. The summed E-state index contributed by atoms with van der Waals surface area (Å²) in [5.41, 5.74) is -0.336. The quantitative estimate of drug-likeness (QED) is 0.748. The maximum Gasteiger partial charge on any atom is 0.341 e. The number of ether oxygens (including phenoxy) is 1. The molecule has 9 heteroatoms. The molecule has 2 heterocycles. The van der Waals surface area contributed by atoms with Crippen molar-refractivity contribution < 1.29 is 24.1 Å². The zero-order valence-corrected chi connectivity index (χ0v) is 16.2. The second-order valence-corrected chi connectivity index (χ2v) is 7.50. The van der Waals surface area contributed by atoms with Crippen LogP contribution < -0.4 is 15.1 Å². The number of hydrogen-bond donors (Lipinski definition) is 2. The van der Waals surface area contributed by atoms with Crippen molar-refractivity contribution in [1.82, 2.24) is 9.47 Å². The van der Waals surface area contributed by atoms with Gasteiger partial charge in [0.25, 0.3) is 0 Å². The molecule has 29 heavy (non-hydrogen) atoms. The number of aliphatic hydroxyl groups is 1. The lowest BCUT2D eigenvalue weighted by molar-refractivity contribution is 0.0694. The second-order valence-electron chi connectivity index (χ2n) is 7.50.